The Morgan fingerprint density at radius 1 is 1.32 bits per heavy atom. The Kier molecular flexibility index (Phi) is 4.74. The van der Waals surface area contributed by atoms with Gasteiger partial charge in [0.1, 0.15) is 11.3 Å². The number of carboxylic acids is 1. The highest BCUT2D eigenvalue weighted by Gasteiger charge is 2.42. The van der Waals surface area contributed by atoms with Gasteiger partial charge < -0.3 is 15.2 Å². The fraction of sp³-hybridized carbons (Fsp3) is 0.529. The molecule has 1 amide bonds. The van der Waals surface area contributed by atoms with Crippen LogP contribution in [-0.4, -0.2) is 29.6 Å². The van der Waals surface area contributed by atoms with Crippen LogP contribution in [0.5, 0.6) is 5.75 Å². The fourth-order valence-corrected chi connectivity index (χ4v) is 2.95. The van der Waals surface area contributed by atoms with E-state index in [2.05, 4.69) is 12.2 Å². The summed E-state index contributed by atoms with van der Waals surface area (Å²) < 4.78 is 5.12. The molecule has 1 aliphatic rings. The van der Waals surface area contributed by atoms with Crippen LogP contribution in [0.2, 0.25) is 0 Å². The van der Waals surface area contributed by atoms with Gasteiger partial charge in [0.15, 0.2) is 0 Å². The first kappa shape index (κ1) is 16.3. The standard InChI is InChI=1S/C17H23NO4/c1-11-6-8-17(9-7-11,16(20)21)18-15(19)14-5-4-13(22-3)10-12(14)2/h4-5,10-11H,6-9H2,1-3H3,(H,18,19)(H,20,21). The van der Waals surface area contributed by atoms with Crippen molar-refractivity contribution in [1.82, 2.24) is 5.32 Å². The molecule has 0 heterocycles. The summed E-state index contributed by atoms with van der Waals surface area (Å²) in [5.41, 5.74) is 0.109. The molecule has 0 aromatic heterocycles. The predicted octanol–water partition coefficient (Wildman–Crippen LogP) is 2.77. The van der Waals surface area contributed by atoms with Crippen LogP contribution in [0.4, 0.5) is 0 Å². The van der Waals surface area contributed by atoms with Gasteiger partial charge in [-0.05, 0) is 62.3 Å². The van der Waals surface area contributed by atoms with E-state index in [9.17, 15) is 14.7 Å². The molecule has 0 saturated heterocycles. The summed E-state index contributed by atoms with van der Waals surface area (Å²) in [6, 6.07) is 5.15. The van der Waals surface area contributed by atoms with Crippen LogP contribution in [0.1, 0.15) is 48.5 Å². The second-order valence-corrected chi connectivity index (χ2v) is 6.20. The number of hydrogen-bond donors (Lipinski definition) is 2. The number of carboxylic acid groups (broad SMARTS) is 1. The van der Waals surface area contributed by atoms with Gasteiger partial charge in [0, 0.05) is 5.56 Å². The smallest absolute Gasteiger partial charge is 0.329 e. The Morgan fingerprint density at radius 2 is 1.95 bits per heavy atom. The third kappa shape index (κ3) is 3.24. The van der Waals surface area contributed by atoms with Crippen molar-refractivity contribution >= 4 is 11.9 Å². The average molecular weight is 305 g/mol. The summed E-state index contributed by atoms with van der Waals surface area (Å²) in [5.74, 6) is -0.100. The second kappa shape index (κ2) is 6.38. The van der Waals surface area contributed by atoms with E-state index in [1.54, 1.807) is 25.3 Å². The van der Waals surface area contributed by atoms with Crippen LogP contribution in [0, 0.1) is 12.8 Å². The van der Waals surface area contributed by atoms with Crippen LogP contribution in [0.15, 0.2) is 18.2 Å². The molecule has 1 saturated carbocycles. The quantitative estimate of drug-likeness (QED) is 0.897. The Bertz CT molecular complexity index is 574. The van der Waals surface area contributed by atoms with E-state index in [1.807, 2.05) is 6.92 Å². The van der Waals surface area contributed by atoms with Gasteiger partial charge in [-0.2, -0.15) is 0 Å². The van der Waals surface area contributed by atoms with E-state index in [-0.39, 0.29) is 5.91 Å². The monoisotopic (exact) mass is 305 g/mol. The lowest BCUT2D eigenvalue weighted by molar-refractivity contribution is -0.146. The molecule has 22 heavy (non-hydrogen) atoms. The maximum atomic E-state index is 12.5. The van der Waals surface area contributed by atoms with Crippen LogP contribution in [-0.2, 0) is 4.79 Å². The molecule has 1 aromatic rings. The van der Waals surface area contributed by atoms with Crippen molar-refractivity contribution in [2.24, 2.45) is 5.92 Å². The van der Waals surface area contributed by atoms with Crippen LogP contribution >= 0.6 is 0 Å². The zero-order chi connectivity index (χ0) is 16.3. The molecule has 0 atom stereocenters. The Morgan fingerprint density at radius 3 is 2.45 bits per heavy atom. The predicted molar refractivity (Wildman–Crippen MR) is 83.2 cm³/mol. The molecule has 0 unspecified atom stereocenters. The highest BCUT2D eigenvalue weighted by molar-refractivity contribution is 5.99. The lowest BCUT2D eigenvalue weighted by atomic mass is 9.77. The average Bonchev–Trinajstić information content (AvgIpc) is 2.49. The number of benzene rings is 1. The van der Waals surface area contributed by atoms with Gasteiger partial charge in [-0.1, -0.05) is 6.92 Å². The number of aryl methyl sites for hydroxylation is 1. The Labute approximate surface area is 130 Å². The molecule has 0 bridgehead atoms. The molecule has 5 nitrogen and oxygen atoms in total. The molecule has 0 radical (unpaired) electrons. The van der Waals surface area contributed by atoms with E-state index >= 15 is 0 Å². The van der Waals surface area contributed by atoms with Crippen molar-refractivity contribution in [3.63, 3.8) is 0 Å². The van der Waals surface area contributed by atoms with Gasteiger partial charge in [0.05, 0.1) is 7.11 Å². The third-order valence-electron chi connectivity index (χ3n) is 4.57. The third-order valence-corrected chi connectivity index (χ3v) is 4.57. The number of amides is 1. The number of carbonyl (C=O) groups is 2. The van der Waals surface area contributed by atoms with Crippen molar-refractivity contribution in [2.75, 3.05) is 7.11 Å². The fourth-order valence-electron chi connectivity index (χ4n) is 2.95. The first-order valence-electron chi connectivity index (χ1n) is 7.58. The van der Waals surface area contributed by atoms with Crippen molar-refractivity contribution in [2.45, 2.75) is 45.1 Å². The zero-order valence-corrected chi connectivity index (χ0v) is 13.3. The maximum Gasteiger partial charge on any atom is 0.329 e. The van der Waals surface area contributed by atoms with Gasteiger partial charge in [-0.25, -0.2) is 4.79 Å². The topological polar surface area (TPSA) is 75.6 Å². The molecule has 1 aromatic carbocycles. The van der Waals surface area contributed by atoms with E-state index in [1.165, 1.54) is 0 Å². The van der Waals surface area contributed by atoms with E-state index in [4.69, 9.17) is 4.74 Å². The first-order chi connectivity index (χ1) is 10.4. The minimum absolute atomic E-state index is 0.336. The van der Waals surface area contributed by atoms with Crippen molar-refractivity contribution < 1.29 is 19.4 Å². The van der Waals surface area contributed by atoms with E-state index < -0.39 is 11.5 Å². The van der Waals surface area contributed by atoms with Crippen LogP contribution < -0.4 is 10.1 Å². The lowest BCUT2D eigenvalue weighted by Gasteiger charge is -2.36. The molecule has 5 heteroatoms. The number of aliphatic carboxylic acids is 1. The molecular weight excluding hydrogens is 282 g/mol. The van der Waals surface area contributed by atoms with Crippen molar-refractivity contribution in [3.05, 3.63) is 29.3 Å². The minimum atomic E-state index is -1.14. The second-order valence-electron chi connectivity index (χ2n) is 6.20. The van der Waals surface area contributed by atoms with E-state index in [0.29, 0.717) is 30.1 Å². The number of carbonyl (C=O) groups excluding carboxylic acids is 1. The molecular formula is C17H23NO4. The largest absolute Gasteiger partial charge is 0.497 e. The number of rotatable bonds is 4. The van der Waals surface area contributed by atoms with Crippen molar-refractivity contribution in [1.29, 1.82) is 0 Å². The number of hydrogen-bond acceptors (Lipinski definition) is 3. The summed E-state index contributed by atoms with van der Waals surface area (Å²) in [4.78, 5) is 24.2. The lowest BCUT2D eigenvalue weighted by Crippen LogP contribution is -2.56. The molecule has 2 rings (SSSR count). The minimum Gasteiger partial charge on any atom is -0.497 e. The summed E-state index contributed by atoms with van der Waals surface area (Å²) in [6.07, 6.45) is 2.58. The number of nitrogens with one attached hydrogen (secondary N) is 1. The van der Waals surface area contributed by atoms with Crippen LogP contribution in [0.3, 0.4) is 0 Å². The molecule has 2 N–H and O–H groups in total. The van der Waals surface area contributed by atoms with Gasteiger partial charge in [-0.3, -0.25) is 4.79 Å². The Balaban J connectivity index is 2.20. The molecule has 120 valence electrons. The van der Waals surface area contributed by atoms with E-state index in [0.717, 1.165) is 18.4 Å². The van der Waals surface area contributed by atoms with Gasteiger partial charge in [0.2, 0.25) is 0 Å². The molecule has 0 spiro atoms. The normalized spacial score (nSPS) is 24.6. The molecule has 1 aliphatic carbocycles. The summed E-state index contributed by atoms with van der Waals surface area (Å²) in [6.45, 7) is 3.93. The Hall–Kier alpha value is -2.04. The molecule has 0 aliphatic heterocycles. The highest BCUT2D eigenvalue weighted by Crippen LogP contribution is 2.32. The first-order valence-corrected chi connectivity index (χ1v) is 7.58. The maximum absolute atomic E-state index is 12.5. The highest BCUT2D eigenvalue weighted by atomic mass is 16.5. The summed E-state index contributed by atoms with van der Waals surface area (Å²) >= 11 is 0. The number of ether oxygens (including phenoxy) is 1. The zero-order valence-electron chi connectivity index (χ0n) is 13.3. The van der Waals surface area contributed by atoms with Gasteiger partial charge in [0.25, 0.3) is 5.91 Å². The summed E-state index contributed by atoms with van der Waals surface area (Å²) in [5, 5.41) is 12.4. The van der Waals surface area contributed by atoms with Crippen LogP contribution in [0.25, 0.3) is 0 Å². The van der Waals surface area contributed by atoms with Gasteiger partial charge >= 0.3 is 5.97 Å². The SMILES string of the molecule is COc1ccc(C(=O)NC2(C(=O)O)CCC(C)CC2)c(C)c1. The summed E-state index contributed by atoms with van der Waals surface area (Å²) in [7, 11) is 1.57. The number of methoxy groups -OCH3 is 1. The molecule has 1 fully saturated rings. The van der Waals surface area contributed by atoms with Gasteiger partial charge in [-0.15, -0.1) is 0 Å². The van der Waals surface area contributed by atoms with Crippen molar-refractivity contribution in [3.8, 4) is 5.75 Å².